The summed E-state index contributed by atoms with van der Waals surface area (Å²) in [4.78, 5) is 10.4. The lowest BCUT2D eigenvalue weighted by molar-refractivity contribution is -0.384. The fourth-order valence-electron chi connectivity index (χ4n) is 2.54. The molecule has 2 rings (SSSR count). The normalized spacial score (nSPS) is 10.3. The van der Waals surface area contributed by atoms with E-state index in [0.29, 0.717) is 35.0 Å². The summed E-state index contributed by atoms with van der Waals surface area (Å²) in [5.41, 5.74) is 2.09. The van der Waals surface area contributed by atoms with Crippen molar-refractivity contribution in [3.8, 4) is 17.2 Å². The molecule has 2 aromatic rings. The van der Waals surface area contributed by atoms with Gasteiger partial charge in [-0.15, -0.1) is 0 Å². The standard InChI is InChI=1S/C17H19ClN2O5/c1-10-7-12(20(21)22)8-13(18)15(10)19-9-11-5-6-14(23-2)17(25-4)16(11)24-3/h5-8,19H,9H2,1-4H3. The number of hydrogen-bond acceptors (Lipinski definition) is 6. The molecule has 0 amide bonds. The van der Waals surface area contributed by atoms with Crippen LogP contribution in [-0.2, 0) is 6.54 Å². The van der Waals surface area contributed by atoms with Crippen molar-refractivity contribution in [2.45, 2.75) is 13.5 Å². The Hall–Kier alpha value is -2.67. The van der Waals surface area contributed by atoms with E-state index in [1.54, 1.807) is 27.2 Å². The molecule has 0 aliphatic carbocycles. The van der Waals surface area contributed by atoms with E-state index in [2.05, 4.69) is 5.32 Å². The average Bonchev–Trinajstić information content (AvgIpc) is 2.59. The first kappa shape index (κ1) is 18.7. The fraction of sp³-hybridized carbons (Fsp3) is 0.294. The number of aryl methyl sites for hydroxylation is 1. The van der Waals surface area contributed by atoms with Crippen LogP contribution in [0.3, 0.4) is 0 Å². The minimum Gasteiger partial charge on any atom is -0.493 e. The first-order valence-electron chi connectivity index (χ1n) is 7.39. The third-order valence-corrected chi connectivity index (χ3v) is 4.02. The van der Waals surface area contributed by atoms with Gasteiger partial charge in [0.05, 0.1) is 37.0 Å². The molecular weight excluding hydrogens is 348 g/mol. The molecule has 2 aromatic carbocycles. The van der Waals surface area contributed by atoms with Gasteiger partial charge in [0.2, 0.25) is 5.75 Å². The molecule has 25 heavy (non-hydrogen) atoms. The lowest BCUT2D eigenvalue weighted by Crippen LogP contribution is -2.06. The highest BCUT2D eigenvalue weighted by Crippen LogP contribution is 2.40. The molecule has 0 aromatic heterocycles. The van der Waals surface area contributed by atoms with Crippen LogP contribution in [0.5, 0.6) is 17.2 Å². The van der Waals surface area contributed by atoms with Crippen LogP contribution in [-0.4, -0.2) is 26.3 Å². The van der Waals surface area contributed by atoms with Crippen molar-refractivity contribution >= 4 is 23.0 Å². The van der Waals surface area contributed by atoms with Crippen LogP contribution < -0.4 is 19.5 Å². The average molecular weight is 367 g/mol. The predicted molar refractivity (Wildman–Crippen MR) is 96.3 cm³/mol. The number of nitro benzene ring substituents is 1. The summed E-state index contributed by atoms with van der Waals surface area (Å²) in [6.45, 7) is 2.15. The molecule has 7 nitrogen and oxygen atoms in total. The van der Waals surface area contributed by atoms with Crippen molar-refractivity contribution in [2.75, 3.05) is 26.6 Å². The molecule has 0 fully saturated rings. The van der Waals surface area contributed by atoms with Crippen LogP contribution >= 0.6 is 11.6 Å². The summed E-state index contributed by atoms with van der Waals surface area (Å²) >= 11 is 6.18. The van der Waals surface area contributed by atoms with Crippen molar-refractivity contribution in [3.05, 3.63) is 50.5 Å². The Morgan fingerprint density at radius 2 is 1.80 bits per heavy atom. The molecule has 0 bridgehead atoms. The number of halogens is 1. The smallest absolute Gasteiger partial charge is 0.271 e. The molecule has 0 aliphatic rings. The molecule has 0 unspecified atom stereocenters. The first-order chi connectivity index (χ1) is 11.9. The highest BCUT2D eigenvalue weighted by molar-refractivity contribution is 6.33. The monoisotopic (exact) mass is 366 g/mol. The quantitative estimate of drug-likeness (QED) is 0.584. The largest absolute Gasteiger partial charge is 0.493 e. The van der Waals surface area contributed by atoms with Gasteiger partial charge in [-0.2, -0.15) is 0 Å². The summed E-state index contributed by atoms with van der Waals surface area (Å²) < 4.78 is 16.1. The summed E-state index contributed by atoms with van der Waals surface area (Å²) in [5, 5.41) is 14.4. The van der Waals surface area contributed by atoms with Gasteiger partial charge in [0, 0.05) is 24.2 Å². The molecule has 0 aliphatic heterocycles. The van der Waals surface area contributed by atoms with Crippen LogP contribution in [0.1, 0.15) is 11.1 Å². The minimum absolute atomic E-state index is 0.0447. The topological polar surface area (TPSA) is 82.9 Å². The number of methoxy groups -OCH3 is 3. The van der Waals surface area contributed by atoms with E-state index in [0.717, 1.165) is 5.56 Å². The van der Waals surface area contributed by atoms with Gasteiger partial charge in [0.15, 0.2) is 11.5 Å². The number of hydrogen-bond donors (Lipinski definition) is 1. The fourth-order valence-corrected chi connectivity index (χ4v) is 2.87. The Kier molecular flexibility index (Phi) is 5.93. The van der Waals surface area contributed by atoms with Crippen LogP contribution in [0, 0.1) is 17.0 Å². The summed E-state index contributed by atoms with van der Waals surface area (Å²) in [5.74, 6) is 1.61. The highest BCUT2D eigenvalue weighted by atomic mass is 35.5. The summed E-state index contributed by atoms with van der Waals surface area (Å²) in [7, 11) is 4.63. The predicted octanol–water partition coefficient (Wildman–Crippen LogP) is 4.19. The van der Waals surface area contributed by atoms with Gasteiger partial charge in [-0.25, -0.2) is 0 Å². The second kappa shape index (κ2) is 7.94. The van der Waals surface area contributed by atoms with Crippen LogP contribution in [0.4, 0.5) is 11.4 Å². The third kappa shape index (κ3) is 3.88. The lowest BCUT2D eigenvalue weighted by Gasteiger charge is -2.17. The number of anilines is 1. The van der Waals surface area contributed by atoms with Crippen LogP contribution in [0.25, 0.3) is 0 Å². The number of nitrogens with one attached hydrogen (secondary N) is 1. The van der Waals surface area contributed by atoms with Gasteiger partial charge >= 0.3 is 0 Å². The van der Waals surface area contributed by atoms with Crippen LogP contribution in [0.2, 0.25) is 5.02 Å². The number of rotatable bonds is 7. The van der Waals surface area contributed by atoms with Crippen molar-refractivity contribution in [1.29, 1.82) is 0 Å². The third-order valence-electron chi connectivity index (χ3n) is 3.72. The Bertz CT molecular complexity index is 772. The Morgan fingerprint density at radius 1 is 1.12 bits per heavy atom. The second-order valence-electron chi connectivity index (χ2n) is 5.22. The molecule has 0 heterocycles. The number of nitrogens with zero attached hydrogens (tertiary/aromatic N) is 1. The lowest BCUT2D eigenvalue weighted by atomic mass is 10.1. The second-order valence-corrected chi connectivity index (χ2v) is 5.63. The summed E-state index contributed by atoms with van der Waals surface area (Å²) in [6, 6.07) is 6.42. The zero-order valence-electron chi connectivity index (χ0n) is 14.4. The maximum Gasteiger partial charge on any atom is 0.271 e. The number of ether oxygens (including phenoxy) is 3. The molecule has 134 valence electrons. The van der Waals surface area contributed by atoms with Crippen molar-refractivity contribution in [1.82, 2.24) is 0 Å². The highest BCUT2D eigenvalue weighted by Gasteiger charge is 2.17. The van der Waals surface area contributed by atoms with E-state index in [1.165, 1.54) is 19.2 Å². The number of non-ortho nitro benzene ring substituents is 1. The Balaban J connectivity index is 2.32. The minimum atomic E-state index is -0.472. The molecule has 1 N–H and O–H groups in total. The Labute approximate surface area is 150 Å². The van der Waals surface area contributed by atoms with Gasteiger partial charge in [-0.3, -0.25) is 10.1 Å². The van der Waals surface area contributed by atoms with Gasteiger partial charge in [0.1, 0.15) is 0 Å². The van der Waals surface area contributed by atoms with Gasteiger partial charge in [-0.05, 0) is 24.6 Å². The van der Waals surface area contributed by atoms with E-state index in [9.17, 15) is 10.1 Å². The van der Waals surface area contributed by atoms with Crippen LogP contribution in [0.15, 0.2) is 24.3 Å². The molecule has 0 saturated heterocycles. The van der Waals surface area contributed by atoms with E-state index in [-0.39, 0.29) is 10.7 Å². The van der Waals surface area contributed by atoms with Gasteiger partial charge < -0.3 is 19.5 Å². The SMILES string of the molecule is COc1ccc(CNc2c(C)cc([N+](=O)[O-])cc2Cl)c(OC)c1OC. The molecule has 0 atom stereocenters. The number of benzene rings is 2. The van der Waals surface area contributed by atoms with Gasteiger partial charge in [-0.1, -0.05) is 11.6 Å². The van der Waals surface area contributed by atoms with Crippen molar-refractivity contribution in [3.63, 3.8) is 0 Å². The van der Waals surface area contributed by atoms with Gasteiger partial charge in [0.25, 0.3) is 5.69 Å². The van der Waals surface area contributed by atoms with Crippen molar-refractivity contribution < 1.29 is 19.1 Å². The summed E-state index contributed by atoms with van der Waals surface area (Å²) in [6.07, 6.45) is 0. The molecular formula is C17H19ClN2O5. The van der Waals surface area contributed by atoms with Crippen molar-refractivity contribution in [2.24, 2.45) is 0 Å². The maximum absolute atomic E-state index is 10.9. The molecule has 0 saturated carbocycles. The molecule has 0 radical (unpaired) electrons. The molecule has 0 spiro atoms. The van der Waals surface area contributed by atoms with E-state index >= 15 is 0 Å². The number of nitro groups is 1. The zero-order chi connectivity index (χ0) is 18.6. The van der Waals surface area contributed by atoms with E-state index in [1.807, 2.05) is 6.07 Å². The van der Waals surface area contributed by atoms with E-state index in [4.69, 9.17) is 25.8 Å². The molecule has 8 heteroatoms. The Morgan fingerprint density at radius 3 is 2.32 bits per heavy atom. The zero-order valence-corrected chi connectivity index (χ0v) is 15.1. The first-order valence-corrected chi connectivity index (χ1v) is 7.77. The van der Waals surface area contributed by atoms with E-state index < -0.39 is 4.92 Å². The maximum atomic E-state index is 10.9.